The van der Waals surface area contributed by atoms with Crippen molar-refractivity contribution in [2.24, 2.45) is 0 Å². The van der Waals surface area contributed by atoms with Gasteiger partial charge in [0.15, 0.2) is 0 Å². The Hall–Kier alpha value is -3.48. The van der Waals surface area contributed by atoms with Crippen LogP contribution in [-0.2, 0) is 4.74 Å². The number of nitrogens with zero attached hydrogens (tertiary/aromatic N) is 2. The number of methoxy groups -OCH3 is 1. The number of carbonyl (C=O) groups excluding carboxylic acids is 2. The third-order valence-electron chi connectivity index (χ3n) is 4.50. The SMILES string of the molecule is COC(=O)c1ccc(C(=O)NC(C)c2cnn(-c3ccc(F)cc3)c2C)cc1. The summed E-state index contributed by atoms with van der Waals surface area (Å²) in [7, 11) is 1.30. The van der Waals surface area contributed by atoms with Crippen LogP contribution in [0.15, 0.2) is 54.7 Å². The fourth-order valence-corrected chi connectivity index (χ4v) is 2.92. The van der Waals surface area contributed by atoms with Gasteiger partial charge < -0.3 is 10.1 Å². The van der Waals surface area contributed by atoms with Crippen LogP contribution in [0, 0.1) is 12.7 Å². The third kappa shape index (κ3) is 3.93. The zero-order valence-electron chi connectivity index (χ0n) is 15.8. The first-order chi connectivity index (χ1) is 13.4. The molecule has 0 aliphatic rings. The first kappa shape index (κ1) is 19.3. The van der Waals surface area contributed by atoms with E-state index in [2.05, 4.69) is 15.2 Å². The van der Waals surface area contributed by atoms with Crippen molar-refractivity contribution in [1.29, 1.82) is 0 Å². The molecule has 144 valence electrons. The maximum atomic E-state index is 13.1. The molecule has 0 bridgehead atoms. The maximum Gasteiger partial charge on any atom is 0.337 e. The lowest BCUT2D eigenvalue weighted by atomic mass is 10.1. The highest BCUT2D eigenvalue weighted by atomic mass is 19.1. The van der Waals surface area contributed by atoms with Crippen molar-refractivity contribution >= 4 is 11.9 Å². The van der Waals surface area contributed by atoms with Gasteiger partial charge in [0.2, 0.25) is 0 Å². The zero-order valence-corrected chi connectivity index (χ0v) is 15.8. The summed E-state index contributed by atoms with van der Waals surface area (Å²) >= 11 is 0. The molecular formula is C21H20FN3O3. The molecule has 0 saturated carbocycles. The van der Waals surface area contributed by atoms with Gasteiger partial charge in [0.05, 0.1) is 30.6 Å². The van der Waals surface area contributed by atoms with Crippen LogP contribution in [0.25, 0.3) is 5.69 Å². The molecule has 0 radical (unpaired) electrons. The zero-order chi connectivity index (χ0) is 20.3. The second kappa shape index (κ2) is 8.04. The lowest BCUT2D eigenvalue weighted by Crippen LogP contribution is -2.27. The van der Waals surface area contributed by atoms with E-state index < -0.39 is 5.97 Å². The van der Waals surface area contributed by atoms with Crippen molar-refractivity contribution in [2.45, 2.75) is 19.9 Å². The monoisotopic (exact) mass is 381 g/mol. The van der Waals surface area contributed by atoms with Crippen LogP contribution in [0.5, 0.6) is 0 Å². The number of aromatic nitrogens is 2. The number of hydrogen-bond acceptors (Lipinski definition) is 4. The molecule has 1 atom stereocenters. The molecule has 6 nitrogen and oxygen atoms in total. The fourth-order valence-electron chi connectivity index (χ4n) is 2.92. The Morgan fingerprint density at radius 3 is 2.29 bits per heavy atom. The number of rotatable bonds is 5. The molecule has 2 aromatic carbocycles. The maximum absolute atomic E-state index is 13.1. The van der Waals surface area contributed by atoms with E-state index in [0.29, 0.717) is 11.1 Å². The van der Waals surface area contributed by atoms with E-state index in [1.165, 1.54) is 19.2 Å². The molecule has 0 aliphatic carbocycles. The van der Waals surface area contributed by atoms with E-state index in [0.717, 1.165) is 16.9 Å². The van der Waals surface area contributed by atoms with E-state index in [4.69, 9.17) is 0 Å². The van der Waals surface area contributed by atoms with Crippen LogP contribution < -0.4 is 5.32 Å². The smallest absolute Gasteiger partial charge is 0.337 e. The second-order valence-corrected chi connectivity index (χ2v) is 6.34. The standard InChI is InChI=1S/C21H20FN3O3/c1-13(24-20(26)15-4-6-16(7-5-15)21(27)28-3)19-12-23-25(14(19)2)18-10-8-17(22)9-11-18/h4-13H,1-3H3,(H,24,26). The van der Waals surface area contributed by atoms with Gasteiger partial charge in [0, 0.05) is 16.8 Å². The van der Waals surface area contributed by atoms with Gasteiger partial charge >= 0.3 is 5.97 Å². The molecule has 3 aromatic rings. The number of amides is 1. The summed E-state index contributed by atoms with van der Waals surface area (Å²) in [6.45, 7) is 3.75. The minimum absolute atomic E-state index is 0.266. The molecule has 0 saturated heterocycles. The number of carbonyl (C=O) groups is 2. The summed E-state index contributed by atoms with van der Waals surface area (Å²) in [5, 5.41) is 7.27. The number of benzene rings is 2. The van der Waals surface area contributed by atoms with Crippen LogP contribution in [-0.4, -0.2) is 28.8 Å². The van der Waals surface area contributed by atoms with Crippen molar-refractivity contribution in [1.82, 2.24) is 15.1 Å². The number of nitrogens with one attached hydrogen (secondary N) is 1. The molecule has 1 unspecified atom stereocenters. The number of ether oxygens (including phenoxy) is 1. The Balaban J connectivity index is 1.74. The fraction of sp³-hybridized carbons (Fsp3) is 0.190. The Morgan fingerprint density at radius 2 is 1.68 bits per heavy atom. The molecule has 1 N–H and O–H groups in total. The molecular weight excluding hydrogens is 361 g/mol. The Bertz CT molecular complexity index is 995. The summed E-state index contributed by atoms with van der Waals surface area (Å²) in [5.74, 6) is -1.03. The molecule has 28 heavy (non-hydrogen) atoms. The Kier molecular flexibility index (Phi) is 5.54. The van der Waals surface area contributed by atoms with Gasteiger partial charge in [-0.25, -0.2) is 13.9 Å². The van der Waals surface area contributed by atoms with Gasteiger partial charge in [-0.3, -0.25) is 4.79 Å². The van der Waals surface area contributed by atoms with Gasteiger partial charge in [-0.15, -0.1) is 0 Å². The molecule has 7 heteroatoms. The summed E-state index contributed by atoms with van der Waals surface area (Å²) in [5.41, 5.74) is 3.25. The predicted octanol–water partition coefficient (Wildman–Crippen LogP) is 3.60. The largest absolute Gasteiger partial charge is 0.465 e. The highest BCUT2D eigenvalue weighted by Gasteiger charge is 2.17. The lowest BCUT2D eigenvalue weighted by molar-refractivity contribution is 0.0600. The van der Waals surface area contributed by atoms with Crippen LogP contribution in [0.4, 0.5) is 4.39 Å². The topological polar surface area (TPSA) is 73.2 Å². The first-order valence-electron chi connectivity index (χ1n) is 8.70. The molecule has 3 rings (SSSR count). The third-order valence-corrected chi connectivity index (χ3v) is 4.50. The van der Waals surface area contributed by atoms with Crippen LogP contribution >= 0.6 is 0 Å². The summed E-state index contributed by atoms with van der Waals surface area (Å²) in [6, 6.07) is 12.0. The summed E-state index contributed by atoms with van der Waals surface area (Å²) in [6.07, 6.45) is 1.68. The van der Waals surface area contributed by atoms with E-state index in [1.54, 1.807) is 47.3 Å². The van der Waals surface area contributed by atoms with Gasteiger partial charge in [0.25, 0.3) is 5.91 Å². The number of esters is 1. The quantitative estimate of drug-likeness (QED) is 0.686. The van der Waals surface area contributed by atoms with Crippen molar-refractivity contribution in [2.75, 3.05) is 7.11 Å². The molecule has 1 amide bonds. The predicted molar refractivity (Wildman–Crippen MR) is 102 cm³/mol. The van der Waals surface area contributed by atoms with Crippen LogP contribution in [0.3, 0.4) is 0 Å². The van der Waals surface area contributed by atoms with E-state index in [1.807, 2.05) is 13.8 Å². The number of hydrogen-bond donors (Lipinski definition) is 1. The summed E-state index contributed by atoms with van der Waals surface area (Å²) < 4.78 is 19.5. The number of halogens is 1. The molecule has 0 fully saturated rings. The first-order valence-corrected chi connectivity index (χ1v) is 8.70. The van der Waals surface area contributed by atoms with Crippen LogP contribution in [0.1, 0.15) is 44.9 Å². The normalized spacial score (nSPS) is 11.7. The van der Waals surface area contributed by atoms with Gasteiger partial charge in [-0.1, -0.05) is 0 Å². The average Bonchev–Trinajstić information content (AvgIpc) is 3.09. The van der Waals surface area contributed by atoms with Crippen LogP contribution in [0.2, 0.25) is 0 Å². The van der Waals surface area contributed by atoms with Crippen molar-refractivity contribution in [3.05, 3.63) is 82.9 Å². The summed E-state index contributed by atoms with van der Waals surface area (Å²) in [4.78, 5) is 24.0. The lowest BCUT2D eigenvalue weighted by Gasteiger charge is -2.14. The van der Waals surface area contributed by atoms with Crippen molar-refractivity contribution < 1.29 is 18.7 Å². The van der Waals surface area contributed by atoms with E-state index in [9.17, 15) is 14.0 Å². The van der Waals surface area contributed by atoms with Gasteiger partial charge in [0.1, 0.15) is 5.82 Å². The van der Waals surface area contributed by atoms with Gasteiger partial charge in [-0.05, 0) is 62.4 Å². The van der Waals surface area contributed by atoms with E-state index >= 15 is 0 Å². The van der Waals surface area contributed by atoms with E-state index in [-0.39, 0.29) is 17.8 Å². The van der Waals surface area contributed by atoms with Crippen molar-refractivity contribution in [3.8, 4) is 5.69 Å². The molecule has 1 heterocycles. The highest BCUT2D eigenvalue weighted by Crippen LogP contribution is 2.21. The average molecular weight is 381 g/mol. The Morgan fingerprint density at radius 1 is 1.07 bits per heavy atom. The molecule has 1 aromatic heterocycles. The Labute approximate surface area is 161 Å². The second-order valence-electron chi connectivity index (χ2n) is 6.34. The van der Waals surface area contributed by atoms with Crippen molar-refractivity contribution in [3.63, 3.8) is 0 Å². The minimum atomic E-state index is -0.454. The molecule has 0 aliphatic heterocycles. The molecule has 0 spiro atoms. The van der Waals surface area contributed by atoms with Gasteiger partial charge in [-0.2, -0.15) is 5.10 Å². The highest BCUT2D eigenvalue weighted by molar-refractivity contribution is 5.96. The minimum Gasteiger partial charge on any atom is -0.465 e.